The molecular weight excluding hydrogens is 415 g/mol. The van der Waals surface area contributed by atoms with Crippen molar-refractivity contribution in [2.45, 2.75) is 51.5 Å². The molecule has 0 saturated carbocycles. The van der Waals surface area contributed by atoms with E-state index >= 15 is 0 Å². The van der Waals surface area contributed by atoms with E-state index in [1.807, 2.05) is 14.0 Å². The van der Waals surface area contributed by atoms with Crippen molar-refractivity contribution < 1.29 is 19.1 Å². The highest BCUT2D eigenvalue weighted by Gasteiger charge is 2.48. The Kier molecular flexibility index (Phi) is 5.54. The number of pyridine rings is 1. The second-order valence-corrected chi connectivity index (χ2v) is 8.78. The van der Waals surface area contributed by atoms with Crippen LogP contribution in [0.4, 0.5) is 4.39 Å². The first-order chi connectivity index (χ1) is 15.1. The maximum Gasteiger partial charge on any atom is 0.276 e. The van der Waals surface area contributed by atoms with E-state index in [1.54, 1.807) is 4.90 Å². The second-order valence-electron chi connectivity index (χ2n) is 8.78. The molecule has 4 rings (SSSR count). The van der Waals surface area contributed by atoms with Gasteiger partial charge in [0.25, 0.3) is 11.8 Å². The summed E-state index contributed by atoms with van der Waals surface area (Å²) in [7, 11) is 1.96. The quantitative estimate of drug-likeness (QED) is 0.757. The van der Waals surface area contributed by atoms with Crippen LogP contribution in [0, 0.1) is 5.82 Å². The summed E-state index contributed by atoms with van der Waals surface area (Å²) in [4.78, 5) is 42.6. The minimum atomic E-state index is -0.888. The van der Waals surface area contributed by atoms with Gasteiger partial charge in [0.05, 0.1) is 6.54 Å². The predicted molar refractivity (Wildman–Crippen MR) is 116 cm³/mol. The molecular formula is C23H27FN4O4. The first-order valence-electron chi connectivity index (χ1n) is 10.7. The molecule has 1 saturated heterocycles. The third kappa shape index (κ3) is 3.56. The van der Waals surface area contributed by atoms with Gasteiger partial charge in [0.1, 0.15) is 17.0 Å². The molecule has 2 aliphatic heterocycles. The van der Waals surface area contributed by atoms with E-state index in [4.69, 9.17) is 0 Å². The Balaban J connectivity index is 1.68. The molecule has 2 aromatic rings. The number of halogens is 1. The number of aromatic hydroxyl groups is 1. The molecule has 1 fully saturated rings. The number of nitrogens with zero attached hydrogens (tertiary/aromatic N) is 3. The van der Waals surface area contributed by atoms with Gasteiger partial charge in [-0.2, -0.15) is 0 Å². The Labute approximate surface area is 185 Å². The fraction of sp³-hybridized carbons (Fsp3) is 0.435. The number of carbonyl (C=O) groups is 2. The van der Waals surface area contributed by atoms with Gasteiger partial charge in [-0.1, -0.05) is 12.1 Å². The van der Waals surface area contributed by atoms with Gasteiger partial charge in [0.2, 0.25) is 5.43 Å². The van der Waals surface area contributed by atoms with Gasteiger partial charge in [0, 0.05) is 25.3 Å². The first kappa shape index (κ1) is 22.0. The summed E-state index contributed by atoms with van der Waals surface area (Å²) in [5, 5.41) is 13.2. The van der Waals surface area contributed by atoms with E-state index in [2.05, 4.69) is 17.1 Å². The van der Waals surface area contributed by atoms with E-state index in [9.17, 15) is 23.9 Å². The highest BCUT2D eigenvalue weighted by atomic mass is 19.1. The maximum absolute atomic E-state index is 13.3. The third-order valence-corrected chi connectivity index (χ3v) is 6.79. The van der Waals surface area contributed by atoms with Crippen molar-refractivity contribution in [3.8, 4) is 5.75 Å². The summed E-state index contributed by atoms with van der Waals surface area (Å²) in [6, 6.07) is 5.87. The average Bonchev–Trinajstić information content (AvgIpc) is 2.87. The van der Waals surface area contributed by atoms with Crippen molar-refractivity contribution in [3.05, 3.63) is 63.3 Å². The molecule has 1 aromatic carbocycles. The fourth-order valence-corrected chi connectivity index (χ4v) is 4.65. The lowest BCUT2D eigenvalue weighted by Gasteiger charge is -2.50. The number of aromatic nitrogens is 1. The van der Waals surface area contributed by atoms with Crippen LogP contribution in [0.15, 0.2) is 35.3 Å². The van der Waals surface area contributed by atoms with Crippen LogP contribution in [0.25, 0.3) is 0 Å². The zero-order chi connectivity index (χ0) is 23.2. The Hall–Kier alpha value is -3.20. The molecule has 9 heteroatoms. The highest BCUT2D eigenvalue weighted by molar-refractivity contribution is 5.99. The van der Waals surface area contributed by atoms with Crippen LogP contribution in [0.5, 0.6) is 5.75 Å². The summed E-state index contributed by atoms with van der Waals surface area (Å²) < 4.78 is 14.6. The SMILES string of the molecule is C[C@H]1CCCN2C(=O)c3c(O)c(=O)c(C(=O)NCc4ccc(F)cc4)cn3CC2(C)N1C. The van der Waals surface area contributed by atoms with Crippen LogP contribution >= 0.6 is 0 Å². The summed E-state index contributed by atoms with van der Waals surface area (Å²) in [5.74, 6) is -2.20. The maximum atomic E-state index is 13.3. The highest BCUT2D eigenvalue weighted by Crippen LogP contribution is 2.35. The number of benzene rings is 1. The molecule has 32 heavy (non-hydrogen) atoms. The third-order valence-electron chi connectivity index (χ3n) is 6.79. The molecule has 0 radical (unpaired) electrons. The topological polar surface area (TPSA) is 94.9 Å². The van der Waals surface area contributed by atoms with Crippen molar-refractivity contribution in [1.82, 2.24) is 19.7 Å². The molecule has 3 heterocycles. The fourth-order valence-electron chi connectivity index (χ4n) is 4.65. The van der Waals surface area contributed by atoms with Crippen molar-refractivity contribution in [2.75, 3.05) is 13.6 Å². The van der Waals surface area contributed by atoms with Crippen LogP contribution in [0.2, 0.25) is 0 Å². The number of carbonyl (C=O) groups excluding carboxylic acids is 2. The average molecular weight is 442 g/mol. The zero-order valence-electron chi connectivity index (χ0n) is 18.4. The number of likely N-dealkylation sites (N-methyl/N-ethyl adjacent to an activating group) is 1. The van der Waals surface area contributed by atoms with Crippen LogP contribution in [-0.2, 0) is 13.1 Å². The molecule has 170 valence electrons. The molecule has 8 nitrogen and oxygen atoms in total. The molecule has 1 aromatic heterocycles. The Bertz CT molecular complexity index is 1130. The first-order valence-corrected chi connectivity index (χ1v) is 10.7. The molecule has 0 aliphatic carbocycles. The van der Waals surface area contributed by atoms with Crippen LogP contribution < -0.4 is 10.7 Å². The summed E-state index contributed by atoms with van der Waals surface area (Å²) in [5.41, 5.74) is -1.23. The van der Waals surface area contributed by atoms with Crippen molar-refractivity contribution in [2.24, 2.45) is 0 Å². The van der Waals surface area contributed by atoms with Crippen LogP contribution in [-0.4, -0.2) is 56.6 Å². The Morgan fingerprint density at radius 1 is 1.28 bits per heavy atom. The minimum Gasteiger partial charge on any atom is -0.503 e. The lowest BCUT2D eigenvalue weighted by molar-refractivity contribution is -0.0437. The number of hydrogen-bond donors (Lipinski definition) is 2. The lowest BCUT2D eigenvalue weighted by atomic mass is 10.0. The molecule has 2 N–H and O–H groups in total. The van der Waals surface area contributed by atoms with Gasteiger partial charge < -0.3 is 19.9 Å². The van der Waals surface area contributed by atoms with Crippen molar-refractivity contribution >= 4 is 11.8 Å². The van der Waals surface area contributed by atoms with Crippen LogP contribution in [0.3, 0.4) is 0 Å². The molecule has 0 bridgehead atoms. The predicted octanol–water partition coefficient (Wildman–Crippen LogP) is 1.91. The monoisotopic (exact) mass is 442 g/mol. The number of rotatable bonds is 3. The smallest absolute Gasteiger partial charge is 0.276 e. The Morgan fingerprint density at radius 2 is 1.97 bits per heavy atom. The van der Waals surface area contributed by atoms with E-state index in [0.29, 0.717) is 18.7 Å². The summed E-state index contributed by atoms with van der Waals surface area (Å²) >= 11 is 0. The zero-order valence-corrected chi connectivity index (χ0v) is 18.4. The van der Waals surface area contributed by atoms with E-state index in [1.165, 1.54) is 35.0 Å². The van der Waals surface area contributed by atoms with Gasteiger partial charge in [-0.15, -0.1) is 0 Å². The molecule has 2 amide bonds. The van der Waals surface area contributed by atoms with Gasteiger partial charge in [0.15, 0.2) is 11.4 Å². The number of fused-ring (bicyclic) bond motifs is 2. The van der Waals surface area contributed by atoms with Gasteiger partial charge >= 0.3 is 0 Å². The van der Waals surface area contributed by atoms with Crippen molar-refractivity contribution in [3.63, 3.8) is 0 Å². The molecule has 1 unspecified atom stereocenters. The number of hydrogen-bond acceptors (Lipinski definition) is 5. The lowest BCUT2D eigenvalue weighted by Crippen LogP contribution is -2.65. The standard InChI is InChI=1S/C23H27FN4O4/c1-14-5-4-10-28-22(32)18-20(30)19(29)17(12-27(18)13-23(28,2)26(14)3)21(31)25-11-15-6-8-16(24)9-7-15/h6-9,12,14,30H,4-5,10-11,13H2,1-3H3,(H,25,31)/t14-,23?/m0/s1. The summed E-state index contributed by atoms with van der Waals surface area (Å²) in [6.07, 6.45) is 3.09. The molecule has 2 aliphatic rings. The van der Waals surface area contributed by atoms with E-state index in [-0.39, 0.29) is 29.7 Å². The molecule has 2 atom stereocenters. The van der Waals surface area contributed by atoms with Gasteiger partial charge in [-0.05, 0) is 51.4 Å². The normalized spacial score (nSPS) is 23.3. The second kappa shape index (κ2) is 8.05. The number of amides is 2. The Morgan fingerprint density at radius 3 is 2.66 bits per heavy atom. The van der Waals surface area contributed by atoms with E-state index < -0.39 is 28.7 Å². The number of nitrogens with one attached hydrogen (secondary N) is 1. The largest absolute Gasteiger partial charge is 0.503 e. The van der Waals surface area contributed by atoms with Crippen LogP contribution in [0.1, 0.15) is 53.1 Å². The summed E-state index contributed by atoms with van der Waals surface area (Å²) in [6.45, 7) is 4.98. The van der Waals surface area contributed by atoms with Crippen molar-refractivity contribution in [1.29, 1.82) is 0 Å². The van der Waals surface area contributed by atoms with Gasteiger partial charge in [-0.25, -0.2) is 4.39 Å². The molecule has 0 spiro atoms. The van der Waals surface area contributed by atoms with Gasteiger partial charge in [-0.3, -0.25) is 19.3 Å². The van der Waals surface area contributed by atoms with E-state index in [0.717, 1.165) is 12.8 Å². The minimum absolute atomic E-state index is 0.0890.